The van der Waals surface area contributed by atoms with Crippen LogP contribution in [0.15, 0.2) is 0 Å². The van der Waals surface area contributed by atoms with Crippen molar-refractivity contribution in [1.82, 2.24) is 4.90 Å². The molecule has 0 aromatic rings. The van der Waals surface area contributed by atoms with Crippen molar-refractivity contribution >= 4 is 12.6 Å². The van der Waals surface area contributed by atoms with E-state index in [1.54, 1.807) is 0 Å². The third-order valence-electron chi connectivity index (χ3n) is 2.97. The number of nitrogens with zero attached hydrogens (tertiary/aromatic N) is 1. The Labute approximate surface area is 95.7 Å². The van der Waals surface area contributed by atoms with E-state index in [1.165, 1.54) is 45.2 Å². The van der Waals surface area contributed by atoms with Crippen LogP contribution >= 0.6 is 12.6 Å². The normalized spacial score (nSPS) is 13.5. The molecule has 1 atom stereocenters. The second-order valence-corrected chi connectivity index (χ2v) is 4.47. The molecule has 0 saturated heterocycles. The molecule has 0 radical (unpaired) electrons. The van der Waals surface area contributed by atoms with Crippen LogP contribution in [0.2, 0.25) is 0 Å². The minimum absolute atomic E-state index is 0.755. The van der Waals surface area contributed by atoms with Gasteiger partial charge in [0.1, 0.15) is 0 Å². The van der Waals surface area contributed by atoms with Gasteiger partial charge in [0.15, 0.2) is 0 Å². The van der Waals surface area contributed by atoms with Crippen LogP contribution in [0.4, 0.5) is 0 Å². The van der Waals surface area contributed by atoms with Gasteiger partial charge in [0.25, 0.3) is 0 Å². The Bertz CT molecular complexity index is 117. The molecule has 14 heavy (non-hydrogen) atoms. The molecule has 0 amide bonds. The molecule has 86 valence electrons. The zero-order valence-corrected chi connectivity index (χ0v) is 11.0. The van der Waals surface area contributed by atoms with Crippen LogP contribution in [0.1, 0.15) is 52.9 Å². The number of thiol groups is 1. The van der Waals surface area contributed by atoms with E-state index in [1.807, 2.05) is 0 Å². The van der Waals surface area contributed by atoms with E-state index in [0.29, 0.717) is 0 Å². The monoisotopic (exact) mass is 217 g/mol. The zero-order chi connectivity index (χ0) is 10.8. The Kier molecular flexibility index (Phi) is 10.1. The zero-order valence-electron chi connectivity index (χ0n) is 10.1. The van der Waals surface area contributed by atoms with Crippen LogP contribution in [0.5, 0.6) is 0 Å². The molecule has 0 fully saturated rings. The topological polar surface area (TPSA) is 3.24 Å². The maximum atomic E-state index is 4.22. The van der Waals surface area contributed by atoms with Crippen LogP contribution in [-0.2, 0) is 0 Å². The van der Waals surface area contributed by atoms with E-state index >= 15 is 0 Å². The lowest BCUT2D eigenvalue weighted by atomic mass is 10.1. The first-order valence-electron chi connectivity index (χ1n) is 6.11. The Balaban J connectivity index is 3.42. The highest BCUT2D eigenvalue weighted by atomic mass is 32.1. The van der Waals surface area contributed by atoms with E-state index in [0.717, 1.165) is 11.8 Å². The van der Waals surface area contributed by atoms with Crippen LogP contribution in [-0.4, -0.2) is 29.8 Å². The summed E-state index contributed by atoms with van der Waals surface area (Å²) < 4.78 is 0. The molecule has 0 aromatic carbocycles. The van der Waals surface area contributed by atoms with E-state index in [4.69, 9.17) is 0 Å². The van der Waals surface area contributed by atoms with Crippen LogP contribution in [0, 0.1) is 0 Å². The predicted molar refractivity (Wildman–Crippen MR) is 69.3 cm³/mol. The van der Waals surface area contributed by atoms with Gasteiger partial charge in [0.05, 0.1) is 0 Å². The fraction of sp³-hybridized carbons (Fsp3) is 1.00. The lowest BCUT2D eigenvalue weighted by molar-refractivity contribution is 0.210. The summed E-state index contributed by atoms with van der Waals surface area (Å²) in [5.41, 5.74) is 0. The summed E-state index contributed by atoms with van der Waals surface area (Å²) in [5.74, 6) is 1.04. The second kappa shape index (κ2) is 9.85. The van der Waals surface area contributed by atoms with Crippen molar-refractivity contribution in [3.05, 3.63) is 0 Å². The smallest absolute Gasteiger partial charge is 0.00641 e. The maximum Gasteiger partial charge on any atom is 0.00641 e. The van der Waals surface area contributed by atoms with Crippen molar-refractivity contribution in [2.45, 2.75) is 58.9 Å². The maximum absolute atomic E-state index is 4.22. The summed E-state index contributed by atoms with van der Waals surface area (Å²) in [4.78, 5) is 2.58. The summed E-state index contributed by atoms with van der Waals surface area (Å²) in [7, 11) is 0. The molecule has 1 unspecified atom stereocenters. The molecule has 0 saturated carbocycles. The van der Waals surface area contributed by atoms with Crippen molar-refractivity contribution in [2.24, 2.45) is 0 Å². The summed E-state index contributed by atoms with van der Waals surface area (Å²) in [5, 5.41) is 0. The standard InChI is InChI=1S/C12H27NS/c1-4-12(3)13(5-2)10-8-6-7-9-11-14/h12,14H,4-11H2,1-3H3. The van der Waals surface area contributed by atoms with Gasteiger partial charge < -0.3 is 4.90 Å². The van der Waals surface area contributed by atoms with Crippen molar-refractivity contribution in [3.63, 3.8) is 0 Å². The van der Waals surface area contributed by atoms with Crippen molar-refractivity contribution in [2.75, 3.05) is 18.8 Å². The summed E-state index contributed by atoms with van der Waals surface area (Å²) in [6.07, 6.45) is 6.62. The van der Waals surface area contributed by atoms with Crippen molar-refractivity contribution in [1.29, 1.82) is 0 Å². The lowest BCUT2D eigenvalue weighted by Crippen LogP contribution is -2.33. The Morgan fingerprint density at radius 2 is 1.71 bits per heavy atom. The molecular formula is C12H27NS. The highest BCUT2D eigenvalue weighted by Crippen LogP contribution is 2.07. The summed E-state index contributed by atoms with van der Waals surface area (Å²) in [6.45, 7) is 9.34. The molecule has 0 aliphatic heterocycles. The molecule has 0 rings (SSSR count). The van der Waals surface area contributed by atoms with Gasteiger partial charge in [-0.25, -0.2) is 0 Å². The molecule has 0 heterocycles. The van der Waals surface area contributed by atoms with Gasteiger partial charge in [-0.2, -0.15) is 12.6 Å². The quantitative estimate of drug-likeness (QED) is 0.456. The van der Waals surface area contributed by atoms with E-state index < -0.39 is 0 Å². The Morgan fingerprint density at radius 3 is 2.21 bits per heavy atom. The highest BCUT2D eigenvalue weighted by molar-refractivity contribution is 7.80. The Hall–Kier alpha value is 0.310. The molecule has 2 heteroatoms. The third-order valence-corrected chi connectivity index (χ3v) is 3.29. The Morgan fingerprint density at radius 1 is 1.07 bits per heavy atom. The minimum Gasteiger partial charge on any atom is -0.301 e. The number of unbranched alkanes of at least 4 members (excludes halogenated alkanes) is 3. The average molecular weight is 217 g/mol. The highest BCUT2D eigenvalue weighted by Gasteiger charge is 2.08. The van der Waals surface area contributed by atoms with Gasteiger partial charge in [-0.3, -0.25) is 0 Å². The largest absolute Gasteiger partial charge is 0.301 e. The molecular weight excluding hydrogens is 190 g/mol. The molecule has 0 N–H and O–H groups in total. The van der Waals surface area contributed by atoms with Crippen LogP contribution < -0.4 is 0 Å². The van der Waals surface area contributed by atoms with Crippen LogP contribution in [0.25, 0.3) is 0 Å². The average Bonchev–Trinajstić information content (AvgIpc) is 2.22. The molecule has 0 spiro atoms. The molecule has 0 aliphatic carbocycles. The first-order chi connectivity index (χ1) is 6.76. The lowest BCUT2D eigenvalue weighted by Gasteiger charge is -2.26. The molecule has 0 aromatic heterocycles. The van der Waals surface area contributed by atoms with Gasteiger partial charge in [-0.05, 0) is 45.0 Å². The molecule has 0 aliphatic rings. The van der Waals surface area contributed by atoms with Gasteiger partial charge in [0, 0.05) is 6.04 Å². The summed E-state index contributed by atoms with van der Waals surface area (Å²) in [6, 6.07) is 0.755. The SMILES string of the molecule is CCC(C)N(CC)CCCCCCS. The number of hydrogen-bond donors (Lipinski definition) is 1. The van der Waals surface area contributed by atoms with Crippen molar-refractivity contribution in [3.8, 4) is 0 Å². The van der Waals surface area contributed by atoms with E-state index in [2.05, 4.69) is 38.3 Å². The number of hydrogen-bond acceptors (Lipinski definition) is 2. The summed E-state index contributed by atoms with van der Waals surface area (Å²) >= 11 is 4.22. The fourth-order valence-electron chi connectivity index (χ4n) is 1.73. The second-order valence-electron chi connectivity index (χ2n) is 4.02. The molecule has 0 bridgehead atoms. The van der Waals surface area contributed by atoms with E-state index in [9.17, 15) is 0 Å². The van der Waals surface area contributed by atoms with E-state index in [-0.39, 0.29) is 0 Å². The van der Waals surface area contributed by atoms with Gasteiger partial charge in [-0.1, -0.05) is 26.7 Å². The van der Waals surface area contributed by atoms with Gasteiger partial charge in [0.2, 0.25) is 0 Å². The molecule has 1 nitrogen and oxygen atoms in total. The minimum atomic E-state index is 0.755. The first kappa shape index (κ1) is 14.3. The fourth-order valence-corrected chi connectivity index (χ4v) is 1.95. The predicted octanol–water partition coefficient (Wildman–Crippen LogP) is 3.60. The van der Waals surface area contributed by atoms with Gasteiger partial charge >= 0.3 is 0 Å². The number of rotatable bonds is 9. The first-order valence-corrected chi connectivity index (χ1v) is 6.74. The van der Waals surface area contributed by atoms with Crippen molar-refractivity contribution < 1.29 is 0 Å². The van der Waals surface area contributed by atoms with Crippen LogP contribution in [0.3, 0.4) is 0 Å². The third kappa shape index (κ3) is 6.72. The van der Waals surface area contributed by atoms with Gasteiger partial charge in [-0.15, -0.1) is 0 Å².